The Balaban J connectivity index is 0.00000306. The average Bonchev–Trinajstić information content (AvgIpc) is 3.33. The first kappa shape index (κ1) is 25.8. The van der Waals surface area contributed by atoms with Crippen molar-refractivity contribution in [3.05, 3.63) is 47.3 Å². The number of anilines is 1. The van der Waals surface area contributed by atoms with E-state index in [0.29, 0.717) is 0 Å². The quantitative estimate of drug-likeness (QED) is 0.327. The predicted molar refractivity (Wildman–Crippen MR) is 145 cm³/mol. The molecule has 0 saturated carbocycles. The van der Waals surface area contributed by atoms with Gasteiger partial charge in [0, 0.05) is 90.8 Å². The Morgan fingerprint density at radius 3 is 2.39 bits per heavy atom. The number of piperazine rings is 2. The molecule has 2 aliphatic heterocycles. The van der Waals surface area contributed by atoms with E-state index in [-0.39, 0.29) is 24.0 Å². The normalized spacial score (nSPS) is 18.3. The Hall–Kier alpha value is -1.85. The van der Waals surface area contributed by atoms with Gasteiger partial charge in [-0.05, 0) is 31.0 Å². The van der Waals surface area contributed by atoms with Crippen molar-refractivity contribution in [3.63, 3.8) is 0 Å². The van der Waals surface area contributed by atoms with Crippen LogP contribution in [0.5, 0.6) is 0 Å². The topological polar surface area (TPSA) is 63.4 Å². The van der Waals surface area contributed by atoms with Gasteiger partial charge < -0.3 is 19.6 Å². The van der Waals surface area contributed by atoms with Crippen LogP contribution in [-0.4, -0.2) is 98.3 Å². The van der Waals surface area contributed by atoms with Gasteiger partial charge in [0.1, 0.15) is 6.26 Å². The first-order valence-corrected chi connectivity index (χ1v) is 11.7. The molecule has 33 heavy (non-hydrogen) atoms. The molecule has 4 rings (SSSR count). The summed E-state index contributed by atoms with van der Waals surface area (Å²) in [6.45, 7) is 15.6. The number of hydrogen-bond acceptors (Lipinski definition) is 6. The largest absolute Gasteiger partial charge is 0.369 e. The lowest BCUT2D eigenvalue weighted by Gasteiger charge is -2.38. The second-order valence-corrected chi connectivity index (χ2v) is 8.78. The molecule has 0 spiro atoms. The fraction of sp³-hybridized carbons (Fsp3) is 0.583. The van der Waals surface area contributed by atoms with Gasteiger partial charge in [0.15, 0.2) is 5.96 Å². The van der Waals surface area contributed by atoms with E-state index in [1.807, 2.05) is 13.1 Å². The van der Waals surface area contributed by atoms with E-state index in [2.05, 4.69) is 67.1 Å². The number of aryl methyl sites for hydroxylation is 1. The minimum absolute atomic E-state index is 0. The summed E-state index contributed by atoms with van der Waals surface area (Å²) in [6.07, 6.45) is 1.64. The highest BCUT2D eigenvalue weighted by atomic mass is 127. The second kappa shape index (κ2) is 12.6. The fourth-order valence-corrected chi connectivity index (χ4v) is 4.61. The van der Waals surface area contributed by atoms with Crippen LogP contribution in [0.25, 0.3) is 0 Å². The summed E-state index contributed by atoms with van der Waals surface area (Å²) in [6, 6.07) is 8.57. The van der Waals surface area contributed by atoms with E-state index >= 15 is 0 Å². The molecule has 2 saturated heterocycles. The van der Waals surface area contributed by atoms with Gasteiger partial charge in [-0.1, -0.05) is 17.3 Å². The number of hydrogen-bond donors (Lipinski definition) is 1. The lowest BCUT2D eigenvalue weighted by molar-refractivity contribution is 0.168. The minimum atomic E-state index is 0. The Bertz CT molecular complexity index is 873. The van der Waals surface area contributed by atoms with Gasteiger partial charge in [-0.25, -0.2) is 0 Å². The maximum atomic E-state index is 4.94. The Kier molecular flexibility index (Phi) is 9.81. The van der Waals surface area contributed by atoms with Gasteiger partial charge in [-0.15, -0.1) is 24.0 Å². The number of guanidine groups is 1. The number of nitrogens with zero attached hydrogens (tertiary/aromatic N) is 6. The molecule has 1 aromatic carbocycles. The molecule has 0 atom stereocenters. The Morgan fingerprint density at radius 1 is 1.00 bits per heavy atom. The first-order valence-electron chi connectivity index (χ1n) is 11.7. The number of nitrogens with one attached hydrogen (secondary N) is 1. The zero-order valence-electron chi connectivity index (χ0n) is 20.2. The van der Waals surface area contributed by atoms with Crippen LogP contribution >= 0.6 is 24.0 Å². The van der Waals surface area contributed by atoms with Crippen molar-refractivity contribution in [2.45, 2.75) is 20.4 Å². The van der Waals surface area contributed by atoms with Crippen LogP contribution < -0.4 is 10.2 Å². The molecule has 3 heterocycles. The summed E-state index contributed by atoms with van der Waals surface area (Å²) in [5.41, 5.74) is 5.18. The summed E-state index contributed by atoms with van der Waals surface area (Å²) < 4.78 is 4.94. The molecule has 2 aromatic rings. The molecule has 0 aliphatic carbocycles. The van der Waals surface area contributed by atoms with Gasteiger partial charge in [-0.3, -0.25) is 14.8 Å². The maximum absolute atomic E-state index is 4.94. The van der Waals surface area contributed by atoms with Gasteiger partial charge in [0.25, 0.3) is 0 Å². The molecule has 1 aromatic heterocycles. The molecule has 0 radical (unpaired) electrons. The minimum Gasteiger partial charge on any atom is -0.369 e. The van der Waals surface area contributed by atoms with Crippen molar-refractivity contribution in [2.24, 2.45) is 4.99 Å². The Morgan fingerprint density at radius 2 is 1.73 bits per heavy atom. The summed E-state index contributed by atoms with van der Waals surface area (Å²) in [7, 11) is 1.88. The standard InChI is InChI=1S/C24H37N7O.HI/c1-20-5-4-6-23(21(20)2)30-14-10-28(11-15-30)9-8-26-24(25-3)31-16-12-29(13-17-31)19-22-7-18-32-27-22;/h4-7,18H,8-17,19H2,1-3H3,(H,25,26);1H. The van der Waals surface area contributed by atoms with Crippen LogP contribution in [0.3, 0.4) is 0 Å². The van der Waals surface area contributed by atoms with Crippen LogP contribution in [-0.2, 0) is 6.54 Å². The van der Waals surface area contributed by atoms with E-state index in [1.165, 1.54) is 16.8 Å². The number of benzene rings is 1. The molecule has 2 fully saturated rings. The molecule has 0 bridgehead atoms. The monoisotopic (exact) mass is 567 g/mol. The van der Waals surface area contributed by atoms with E-state index in [4.69, 9.17) is 4.52 Å². The fourth-order valence-electron chi connectivity index (χ4n) is 4.61. The Labute approximate surface area is 215 Å². The molecule has 1 N–H and O–H groups in total. The van der Waals surface area contributed by atoms with Gasteiger partial charge >= 0.3 is 0 Å². The second-order valence-electron chi connectivity index (χ2n) is 8.78. The van der Waals surface area contributed by atoms with Gasteiger partial charge in [0.2, 0.25) is 0 Å². The lowest BCUT2D eigenvalue weighted by atomic mass is 10.1. The third kappa shape index (κ3) is 6.83. The molecular formula is C24H38IN7O. The molecule has 2 aliphatic rings. The zero-order valence-corrected chi connectivity index (χ0v) is 22.5. The number of rotatable bonds is 6. The first-order chi connectivity index (χ1) is 15.6. The lowest BCUT2D eigenvalue weighted by Crippen LogP contribution is -2.53. The molecule has 8 nitrogen and oxygen atoms in total. The third-order valence-electron chi connectivity index (χ3n) is 6.76. The summed E-state index contributed by atoms with van der Waals surface area (Å²) in [4.78, 5) is 14.4. The van der Waals surface area contributed by atoms with Crippen molar-refractivity contribution in [3.8, 4) is 0 Å². The summed E-state index contributed by atoms with van der Waals surface area (Å²) in [5, 5.41) is 7.60. The number of aliphatic imine (C=N–C) groups is 1. The third-order valence-corrected chi connectivity index (χ3v) is 6.76. The van der Waals surface area contributed by atoms with Crippen LogP contribution in [0.2, 0.25) is 0 Å². The zero-order chi connectivity index (χ0) is 22.3. The SMILES string of the molecule is CN=C(NCCN1CCN(c2cccc(C)c2C)CC1)N1CCN(Cc2ccon2)CC1.I. The molecule has 0 amide bonds. The van der Waals surface area contributed by atoms with Crippen molar-refractivity contribution in [2.75, 3.05) is 77.4 Å². The van der Waals surface area contributed by atoms with E-state index in [9.17, 15) is 0 Å². The highest BCUT2D eigenvalue weighted by Crippen LogP contribution is 2.23. The van der Waals surface area contributed by atoms with Gasteiger partial charge in [0.05, 0.1) is 5.69 Å². The highest BCUT2D eigenvalue weighted by molar-refractivity contribution is 14.0. The maximum Gasteiger partial charge on any atom is 0.193 e. The van der Waals surface area contributed by atoms with Crippen molar-refractivity contribution in [1.82, 2.24) is 25.2 Å². The van der Waals surface area contributed by atoms with Crippen molar-refractivity contribution < 1.29 is 4.52 Å². The summed E-state index contributed by atoms with van der Waals surface area (Å²) >= 11 is 0. The average molecular weight is 568 g/mol. The van der Waals surface area contributed by atoms with Crippen molar-refractivity contribution in [1.29, 1.82) is 0 Å². The number of halogens is 1. The van der Waals surface area contributed by atoms with Crippen molar-refractivity contribution >= 4 is 35.6 Å². The number of aromatic nitrogens is 1. The van der Waals surface area contributed by atoms with E-state index in [1.54, 1.807) is 6.26 Å². The smallest absolute Gasteiger partial charge is 0.193 e. The van der Waals surface area contributed by atoms with Crippen LogP contribution in [0, 0.1) is 13.8 Å². The molecule has 9 heteroatoms. The molecule has 182 valence electrons. The van der Waals surface area contributed by atoms with Crippen LogP contribution in [0.4, 0.5) is 5.69 Å². The van der Waals surface area contributed by atoms with Crippen LogP contribution in [0.15, 0.2) is 40.0 Å². The predicted octanol–water partition coefficient (Wildman–Crippen LogP) is 2.42. The van der Waals surface area contributed by atoms with Gasteiger partial charge in [-0.2, -0.15) is 0 Å². The van der Waals surface area contributed by atoms with Crippen LogP contribution in [0.1, 0.15) is 16.8 Å². The van der Waals surface area contributed by atoms with E-state index in [0.717, 1.165) is 83.6 Å². The highest BCUT2D eigenvalue weighted by Gasteiger charge is 2.21. The summed E-state index contributed by atoms with van der Waals surface area (Å²) in [5.74, 6) is 1.01. The van der Waals surface area contributed by atoms with E-state index < -0.39 is 0 Å². The molecular weight excluding hydrogens is 529 g/mol. The molecule has 0 unspecified atom stereocenters.